The summed E-state index contributed by atoms with van der Waals surface area (Å²) in [5, 5.41) is 11.0. The van der Waals surface area contributed by atoms with Crippen LogP contribution < -0.4 is 10.6 Å². The largest absolute Gasteiger partial charge is 0.393 e. The lowest BCUT2D eigenvalue weighted by Crippen LogP contribution is -2.54. The molecular formula is C21H27N3O2. The van der Waals surface area contributed by atoms with Gasteiger partial charge >= 0.3 is 0 Å². The molecule has 5 heteroatoms. The van der Waals surface area contributed by atoms with Crippen LogP contribution in [0.1, 0.15) is 38.5 Å². The number of benzene rings is 1. The first-order chi connectivity index (χ1) is 12.6. The Morgan fingerprint density at radius 3 is 2.65 bits per heavy atom. The summed E-state index contributed by atoms with van der Waals surface area (Å²) in [6.45, 7) is 0.932. The quantitative estimate of drug-likeness (QED) is 0.889. The molecule has 1 saturated heterocycles. The fourth-order valence-electron chi connectivity index (χ4n) is 4.97. The van der Waals surface area contributed by atoms with Crippen LogP contribution in [0.5, 0.6) is 0 Å². The normalized spacial score (nSPS) is 29.7. The van der Waals surface area contributed by atoms with Crippen LogP contribution in [0.25, 0.3) is 10.9 Å². The average Bonchev–Trinajstić information content (AvgIpc) is 2.67. The van der Waals surface area contributed by atoms with Crippen molar-refractivity contribution in [2.45, 2.75) is 50.7 Å². The van der Waals surface area contributed by atoms with E-state index in [4.69, 9.17) is 5.73 Å². The Balaban J connectivity index is 1.75. The molecule has 0 radical (unpaired) electrons. The number of hydrogen-bond donors (Lipinski definition) is 2. The van der Waals surface area contributed by atoms with E-state index in [2.05, 4.69) is 22.0 Å². The number of fused-ring (bicyclic) bond motifs is 1. The van der Waals surface area contributed by atoms with Gasteiger partial charge in [-0.25, -0.2) is 0 Å². The van der Waals surface area contributed by atoms with Gasteiger partial charge in [-0.2, -0.15) is 0 Å². The summed E-state index contributed by atoms with van der Waals surface area (Å²) in [4.78, 5) is 19.1. The number of carbonyl (C=O) groups is 1. The van der Waals surface area contributed by atoms with E-state index >= 15 is 0 Å². The van der Waals surface area contributed by atoms with Gasteiger partial charge in [0.05, 0.1) is 17.5 Å². The van der Waals surface area contributed by atoms with Crippen molar-refractivity contribution in [1.82, 2.24) is 4.98 Å². The molecule has 0 bridgehead atoms. The molecule has 0 spiro atoms. The highest BCUT2D eigenvalue weighted by atomic mass is 16.3. The maximum Gasteiger partial charge on any atom is 0.222 e. The SMILES string of the molecule is NC(=O)C1CCCN(c2ccnc3ccccc23)C1C1CCC(O)CC1. The molecule has 138 valence electrons. The topological polar surface area (TPSA) is 79.5 Å². The van der Waals surface area contributed by atoms with Gasteiger partial charge in [-0.3, -0.25) is 9.78 Å². The molecule has 1 aliphatic heterocycles. The molecule has 1 aromatic heterocycles. The van der Waals surface area contributed by atoms with Gasteiger partial charge < -0.3 is 15.7 Å². The summed E-state index contributed by atoms with van der Waals surface area (Å²) in [5.41, 5.74) is 7.94. The van der Waals surface area contributed by atoms with E-state index in [0.717, 1.165) is 61.7 Å². The van der Waals surface area contributed by atoms with Crippen molar-refractivity contribution in [3.05, 3.63) is 36.5 Å². The number of carbonyl (C=O) groups excluding carboxylic acids is 1. The van der Waals surface area contributed by atoms with Gasteiger partial charge in [0.25, 0.3) is 0 Å². The number of amides is 1. The number of aliphatic hydroxyl groups is 1. The number of aromatic nitrogens is 1. The minimum Gasteiger partial charge on any atom is -0.393 e. The molecule has 2 aliphatic rings. The number of pyridine rings is 1. The molecule has 1 amide bonds. The Labute approximate surface area is 154 Å². The number of rotatable bonds is 3. The lowest BCUT2D eigenvalue weighted by atomic mass is 9.73. The molecule has 2 atom stereocenters. The molecule has 2 unspecified atom stereocenters. The van der Waals surface area contributed by atoms with Crippen molar-refractivity contribution >= 4 is 22.5 Å². The lowest BCUT2D eigenvalue weighted by Gasteiger charge is -2.47. The van der Waals surface area contributed by atoms with Gasteiger partial charge in [0.2, 0.25) is 5.91 Å². The van der Waals surface area contributed by atoms with E-state index in [0.29, 0.717) is 5.92 Å². The molecule has 3 N–H and O–H groups in total. The first kappa shape index (κ1) is 17.3. The van der Waals surface area contributed by atoms with E-state index in [9.17, 15) is 9.90 Å². The van der Waals surface area contributed by atoms with Gasteiger partial charge in [0.15, 0.2) is 0 Å². The smallest absolute Gasteiger partial charge is 0.222 e. The first-order valence-corrected chi connectivity index (χ1v) is 9.73. The van der Waals surface area contributed by atoms with E-state index in [-0.39, 0.29) is 24.0 Å². The van der Waals surface area contributed by atoms with Crippen LogP contribution in [0.3, 0.4) is 0 Å². The lowest BCUT2D eigenvalue weighted by molar-refractivity contribution is -0.123. The van der Waals surface area contributed by atoms with E-state index in [1.54, 1.807) is 0 Å². The Morgan fingerprint density at radius 1 is 1.12 bits per heavy atom. The number of nitrogens with two attached hydrogens (primary N) is 1. The van der Waals surface area contributed by atoms with Gasteiger partial charge in [0.1, 0.15) is 0 Å². The van der Waals surface area contributed by atoms with Crippen molar-refractivity contribution in [3.8, 4) is 0 Å². The van der Waals surface area contributed by atoms with E-state index in [1.807, 2.05) is 24.4 Å². The molecule has 4 rings (SSSR count). The molecule has 2 aromatic rings. The predicted molar refractivity (Wildman–Crippen MR) is 103 cm³/mol. The number of hydrogen-bond acceptors (Lipinski definition) is 4. The fourth-order valence-corrected chi connectivity index (χ4v) is 4.97. The molecule has 26 heavy (non-hydrogen) atoms. The highest BCUT2D eigenvalue weighted by Crippen LogP contribution is 2.40. The fraction of sp³-hybridized carbons (Fsp3) is 0.524. The van der Waals surface area contributed by atoms with E-state index in [1.165, 1.54) is 0 Å². The molecular weight excluding hydrogens is 326 g/mol. The Morgan fingerprint density at radius 2 is 1.88 bits per heavy atom. The number of para-hydroxylation sites is 1. The molecule has 5 nitrogen and oxygen atoms in total. The summed E-state index contributed by atoms with van der Waals surface area (Å²) >= 11 is 0. The minimum atomic E-state index is -0.197. The molecule has 2 heterocycles. The number of primary amides is 1. The summed E-state index contributed by atoms with van der Waals surface area (Å²) in [7, 11) is 0. The molecule has 1 saturated carbocycles. The minimum absolute atomic E-state index is 0.111. The van der Waals surface area contributed by atoms with Crippen LogP contribution in [-0.2, 0) is 4.79 Å². The van der Waals surface area contributed by atoms with Gasteiger partial charge in [-0.1, -0.05) is 18.2 Å². The van der Waals surface area contributed by atoms with Crippen LogP contribution >= 0.6 is 0 Å². The number of aliphatic hydroxyl groups excluding tert-OH is 1. The zero-order chi connectivity index (χ0) is 18.1. The van der Waals surface area contributed by atoms with Crippen molar-refractivity contribution in [2.75, 3.05) is 11.4 Å². The summed E-state index contributed by atoms with van der Waals surface area (Å²) < 4.78 is 0. The molecule has 1 aliphatic carbocycles. The van der Waals surface area contributed by atoms with Crippen molar-refractivity contribution in [3.63, 3.8) is 0 Å². The van der Waals surface area contributed by atoms with Crippen LogP contribution in [0.4, 0.5) is 5.69 Å². The Kier molecular flexibility index (Phi) is 4.81. The van der Waals surface area contributed by atoms with Crippen LogP contribution in [0.2, 0.25) is 0 Å². The summed E-state index contributed by atoms with van der Waals surface area (Å²) in [6.07, 6.45) is 7.03. The highest BCUT2D eigenvalue weighted by Gasteiger charge is 2.41. The number of piperidine rings is 1. The third kappa shape index (κ3) is 3.16. The molecule has 2 fully saturated rings. The maximum atomic E-state index is 12.2. The number of anilines is 1. The van der Waals surface area contributed by atoms with Gasteiger partial charge in [0, 0.05) is 29.9 Å². The second-order valence-electron chi connectivity index (χ2n) is 7.75. The average molecular weight is 353 g/mol. The van der Waals surface area contributed by atoms with Crippen molar-refractivity contribution in [1.29, 1.82) is 0 Å². The van der Waals surface area contributed by atoms with Crippen LogP contribution in [0, 0.1) is 11.8 Å². The predicted octanol–water partition coefficient (Wildman–Crippen LogP) is 2.86. The van der Waals surface area contributed by atoms with E-state index < -0.39 is 0 Å². The third-order valence-corrected chi connectivity index (χ3v) is 6.21. The Hall–Kier alpha value is -2.14. The monoisotopic (exact) mass is 353 g/mol. The van der Waals surface area contributed by atoms with Crippen molar-refractivity contribution in [2.24, 2.45) is 17.6 Å². The zero-order valence-electron chi connectivity index (χ0n) is 15.1. The zero-order valence-corrected chi connectivity index (χ0v) is 15.1. The standard InChI is InChI=1S/C21H27N3O2/c22-21(26)17-5-3-13-24(20(17)14-7-9-15(25)10-8-14)19-11-12-23-18-6-2-1-4-16(18)19/h1-2,4,6,11-12,14-15,17,20,25H,3,5,7-10,13H2,(H2,22,26). The van der Waals surface area contributed by atoms with Crippen LogP contribution in [0.15, 0.2) is 36.5 Å². The van der Waals surface area contributed by atoms with Gasteiger partial charge in [-0.05, 0) is 56.6 Å². The van der Waals surface area contributed by atoms with Crippen molar-refractivity contribution < 1.29 is 9.90 Å². The third-order valence-electron chi connectivity index (χ3n) is 6.21. The summed E-state index contributed by atoms with van der Waals surface area (Å²) in [5.74, 6) is 0.0724. The maximum absolute atomic E-state index is 12.2. The first-order valence-electron chi connectivity index (χ1n) is 9.73. The number of nitrogens with zero attached hydrogens (tertiary/aromatic N) is 2. The molecule has 1 aromatic carbocycles. The summed E-state index contributed by atoms with van der Waals surface area (Å²) in [6, 6.07) is 10.3. The Bertz CT molecular complexity index is 780. The second-order valence-corrected chi connectivity index (χ2v) is 7.75. The van der Waals surface area contributed by atoms with Crippen LogP contribution in [-0.4, -0.2) is 34.7 Å². The van der Waals surface area contributed by atoms with Gasteiger partial charge in [-0.15, -0.1) is 0 Å². The highest BCUT2D eigenvalue weighted by molar-refractivity contribution is 5.92. The second kappa shape index (κ2) is 7.23.